The van der Waals surface area contributed by atoms with Crippen LogP contribution in [0, 0.1) is 12.7 Å². The second-order valence-corrected chi connectivity index (χ2v) is 6.98. The van der Waals surface area contributed by atoms with Gasteiger partial charge in [-0.25, -0.2) is 9.18 Å². The molecule has 0 aliphatic heterocycles. The minimum absolute atomic E-state index is 0.0897. The summed E-state index contributed by atoms with van der Waals surface area (Å²) >= 11 is 6.16. The van der Waals surface area contributed by atoms with Gasteiger partial charge in [-0.15, -0.1) is 0 Å². The molecule has 1 unspecified atom stereocenters. The maximum absolute atomic E-state index is 13.8. The first-order valence-electron chi connectivity index (χ1n) is 9.22. The summed E-state index contributed by atoms with van der Waals surface area (Å²) in [5.41, 5.74) is 1.59. The van der Waals surface area contributed by atoms with Crippen molar-refractivity contribution < 1.29 is 27.9 Å². The molecule has 31 heavy (non-hydrogen) atoms. The van der Waals surface area contributed by atoms with Crippen molar-refractivity contribution in [2.75, 3.05) is 14.2 Å². The van der Waals surface area contributed by atoms with Gasteiger partial charge >= 0.3 is 5.97 Å². The third kappa shape index (κ3) is 5.21. The van der Waals surface area contributed by atoms with E-state index in [2.05, 4.69) is 10.1 Å². The number of ether oxygens (including phenoxy) is 3. The van der Waals surface area contributed by atoms with Crippen molar-refractivity contribution in [3.63, 3.8) is 0 Å². The van der Waals surface area contributed by atoms with Crippen LogP contribution in [0.5, 0.6) is 11.5 Å². The van der Waals surface area contributed by atoms with Gasteiger partial charge in [0.2, 0.25) is 5.82 Å². The van der Waals surface area contributed by atoms with Gasteiger partial charge in [-0.05, 0) is 49.2 Å². The molecule has 0 fully saturated rings. The fourth-order valence-electron chi connectivity index (χ4n) is 2.71. The third-order valence-corrected chi connectivity index (χ3v) is 4.66. The number of hydrogen-bond acceptors (Lipinski definition) is 7. The average Bonchev–Trinajstić information content (AvgIpc) is 3.24. The molecule has 2 aromatic carbocycles. The van der Waals surface area contributed by atoms with Gasteiger partial charge in [-0.1, -0.05) is 28.9 Å². The largest absolute Gasteiger partial charge is 0.493 e. The number of aryl methyl sites for hydroxylation is 1. The highest BCUT2D eigenvalue weighted by molar-refractivity contribution is 6.32. The van der Waals surface area contributed by atoms with E-state index in [1.54, 1.807) is 38.1 Å². The molecule has 0 bridgehead atoms. The van der Waals surface area contributed by atoms with E-state index in [1.165, 1.54) is 32.4 Å². The van der Waals surface area contributed by atoms with E-state index in [-0.39, 0.29) is 17.5 Å². The first-order chi connectivity index (χ1) is 14.8. The maximum atomic E-state index is 13.8. The molecule has 0 N–H and O–H groups in total. The van der Waals surface area contributed by atoms with Crippen molar-refractivity contribution >= 4 is 23.6 Å². The minimum atomic E-state index is -0.803. The molecule has 0 spiro atoms. The van der Waals surface area contributed by atoms with Crippen molar-refractivity contribution in [2.24, 2.45) is 0 Å². The van der Waals surface area contributed by atoms with Crippen molar-refractivity contribution in [1.82, 2.24) is 10.1 Å². The molecule has 3 aromatic rings. The molecule has 3 rings (SSSR count). The number of methoxy groups -OCH3 is 2. The molecule has 0 amide bonds. The van der Waals surface area contributed by atoms with E-state index in [1.807, 2.05) is 0 Å². The molecule has 0 aliphatic carbocycles. The highest BCUT2D eigenvalue weighted by Gasteiger charge is 2.19. The molecule has 0 saturated heterocycles. The Labute approximate surface area is 183 Å². The zero-order valence-electron chi connectivity index (χ0n) is 17.3. The van der Waals surface area contributed by atoms with Gasteiger partial charge in [-0.2, -0.15) is 4.98 Å². The first-order valence-corrected chi connectivity index (χ1v) is 9.60. The quantitative estimate of drug-likeness (QED) is 0.365. The highest BCUT2D eigenvalue weighted by atomic mass is 35.5. The molecular formula is C22H20ClFN2O5. The van der Waals surface area contributed by atoms with Crippen molar-refractivity contribution in [2.45, 2.75) is 20.0 Å². The Morgan fingerprint density at radius 3 is 2.68 bits per heavy atom. The molecule has 0 aliphatic rings. The van der Waals surface area contributed by atoms with Crippen LogP contribution >= 0.6 is 11.6 Å². The summed E-state index contributed by atoms with van der Waals surface area (Å²) in [6.07, 6.45) is 1.96. The lowest BCUT2D eigenvalue weighted by Crippen LogP contribution is -2.06. The second-order valence-electron chi connectivity index (χ2n) is 6.57. The Morgan fingerprint density at radius 1 is 1.23 bits per heavy atom. The summed E-state index contributed by atoms with van der Waals surface area (Å²) in [4.78, 5) is 16.4. The van der Waals surface area contributed by atoms with Crippen LogP contribution in [0.15, 0.2) is 40.9 Å². The molecule has 0 saturated carbocycles. The van der Waals surface area contributed by atoms with E-state index in [0.29, 0.717) is 33.2 Å². The summed E-state index contributed by atoms with van der Waals surface area (Å²) in [6.45, 7) is 3.25. The zero-order chi connectivity index (χ0) is 22.5. The number of benzene rings is 2. The number of halogens is 2. The van der Waals surface area contributed by atoms with Crippen LogP contribution in [-0.4, -0.2) is 30.3 Å². The normalized spacial score (nSPS) is 12.1. The number of esters is 1. The van der Waals surface area contributed by atoms with Crippen LogP contribution in [0.4, 0.5) is 4.39 Å². The number of hydrogen-bond donors (Lipinski definition) is 0. The standard InChI is InChI=1S/C22H20ClFN2O5/c1-12-5-7-15(11-17(12)24)21-25-22(31-26-21)13(2)30-19(27)8-6-14-9-16(23)20(29-4)18(10-14)28-3/h5-11,13H,1-4H3/b8-6+. The molecule has 1 aromatic heterocycles. The van der Waals surface area contributed by atoms with Gasteiger partial charge in [-0.3, -0.25) is 0 Å². The number of carbonyl (C=O) groups is 1. The lowest BCUT2D eigenvalue weighted by atomic mass is 10.1. The predicted octanol–water partition coefficient (Wildman–Crippen LogP) is 5.17. The fraction of sp³-hybridized carbons (Fsp3) is 0.227. The Kier molecular flexibility index (Phi) is 6.91. The molecule has 9 heteroatoms. The van der Waals surface area contributed by atoms with Crippen LogP contribution in [0.1, 0.15) is 30.0 Å². The zero-order valence-corrected chi connectivity index (χ0v) is 18.1. The van der Waals surface area contributed by atoms with Crippen LogP contribution < -0.4 is 9.47 Å². The Balaban J connectivity index is 1.68. The summed E-state index contributed by atoms with van der Waals surface area (Å²) in [5, 5.41) is 4.16. The van der Waals surface area contributed by atoms with Crippen molar-refractivity contribution in [3.8, 4) is 22.9 Å². The number of aromatic nitrogens is 2. The topological polar surface area (TPSA) is 83.7 Å². The second kappa shape index (κ2) is 9.61. The lowest BCUT2D eigenvalue weighted by Gasteiger charge is -2.10. The summed E-state index contributed by atoms with van der Waals surface area (Å²) in [7, 11) is 2.97. The summed E-state index contributed by atoms with van der Waals surface area (Å²) < 4.78 is 34.6. The first kappa shape index (κ1) is 22.3. The van der Waals surface area contributed by atoms with E-state index < -0.39 is 12.1 Å². The Bertz CT molecular complexity index is 1130. The predicted molar refractivity (Wildman–Crippen MR) is 113 cm³/mol. The van der Waals surface area contributed by atoms with E-state index in [9.17, 15) is 9.18 Å². The molecule has 1 heterocycles. The van der Waals surface area contributed by atoms with Crippen LogP contribution in [0.3, 0.4) is 0 Å². The molecule has 1 atom stereocenters. The SMILES string of the molecule is COc1cc(/C=C/C(=O)OC(C)c2nc(-c3ccc(C)c(F)c3)no2)cc(Cl)c1OC. The van der Waals surface area contributed by atoms with Crippen LogP contribution in [-0.2, 0) is 9.53 Å². The van der Waals surface area contributed by atoms with E-state index in [0.717, 1.165) is 0 Å². The van der Waals surface area contributed by atoms with Crippen molar-refractivity contribution in [3.05, 3.63) is 64.3 Å². The Hall–Kier alpha value is -3.39. The van der Waals surface area contributed by atoms with Crippen LogP contribution in [0.2, 0.25) is 5.02 Å². The van der Waals surface area contributed by atoms with Gasteiger partial charge in [0.1, 0.15) is 5.82 Å². The maximum Gasteiger partial charge on any atom is 0.331 e. The molecule has 0 radical (unpaired) electrons. The number of rotatable bonds is 7. The van der Waals surface area contributed by atoms with Gasteiger partial charge in [0, 0.05) is 11.6 Å². The van der Waals surface area contributed by atoms with Gasteiger partial charge in [0.25, 0.3) is 5.89 Å². The highest BCUT2D eigenvalue weighted by Crippen LogP contribution is 2.36. The molecule has 7 nitrogen and oxygen atoms in total. The fourth-order valence-corrected chi connectivity index (χ4v) is 3.01. The molecule has 162 valence electrons. The minimum Gasteiger partial charge on any atom is -0.493 e. The molecular weight excluding hydrogens is 427 g/mol. The van der Waals surface area contributed by atoms with Gasteiger partial charge in [0.15, 0.2) is 17.6 Å². The van der Waals surface area contributed by atoms with E-state index in [4.69, 9.17) is 30.3 Å². The van der Waals surface area contributed by atoms with Crippen molar-refractivity contribution in [1.29, 1.82) is 0 Å². The Morgan fingerprint density at radius 2 is 2.00 bits per heavy atom. The monoisotopic (exact) mass is 446 g/mol. The average molecular weight is 447 g/mol. The van der Waals surface area contributed by atoms with Gasteiger partial charge < -0.3 is 18.7 Å². The van der Waals surface area contributed by atoms with Gasteiger partial charge in [0.05, 0.1) is 19.2 Å². The number of nitrogens with zero attached hydrogens (tertiary/aromatic N) is 2. The summed E-state index contributed by atoms with van der Waals surface area (Å²) in [5.74, 6) is 0.128. The third-order valence-electron chi connectivity index (χ3n) is 4.38. The smallest absolute Gasteiger partial charge is 0.331 e. The number of carbonyl (C=O) groups excluding carboxylic acids is 1. The lowest BCUT2D eigenvalue weighted by molar-refractivity contribution is -0.143. The van der Waals surface area contributed by atoms with Crippen LogP contribution in [0.25, 0.3) is 17.5 Å². The van der Waals surface area contributed by atoms with E-state index >= 15 is 0 Å². The summed E-state index contributed by atoms with van der Waals surface area (Å²) in [6, 6.07) is 7.91.